The molecule has 0 saturated carbocycles. The number of hydrogen-bond donors (Lipinski definition) is 1. The van der Waals surface area contributed by atoms with Gasteiger partial charge in [-0.05, 0) is 38.0 Å². The minimum Gasteiger partial charge on any atom is -0.311 e. The van der Waals surface area contributed by atoms with Gasteiger partial charge in [0.2, 0.25) is 5.91 Å². The smallest absolute Gasteiger partial charge is 0.225 e. The summed E-state index contributed by atoms with van der Waals surface area (Å²) in [7, 11) is 0. The molecule has 0 fully saturated rings. The molecule has 5 heteroatoms. The summed E-state index contributed by atoms with van der Waals surface area (Å²) in [6.45, 7) is 7.84. The van der Waals surface area contributed by atoms with Crippen molar-refractivity contribution in [2.45, 2.75) is 34.1 Å². The Bertz CT molecular complexity index is 895. The number of nitrogens with one attached hydrogen (secondary N) is 1. The molecule has 0 spiro atoms. The Morgan fingerprint density at radius 1 is 1.17 bits per heavy atom. The Kier molecular flexibility index (Phi) is 3.86. The molecule has 0 aliphatic heterocycles. The average Bonchev–Trinajstić information content (AvgIpc) is 2.88. The normalized spacial score (nSPS) is 11.0. The van der Waals surface area contributed by atoms with E-state index in [-0.39, 0.29) is 5.91 Å². The third kappa shape index (κ3) is 2.82. The molecule has 23 heavy (non-hydrogen) atoms. The largest absolute Gasteiger partial charge is 0.311 e. The fourth-order valence-electron chi connectivity index (χ4n) is 2.65. The molecule has 0 aliphatic rings. The number of aromatic nitrogens is 3. The summed E-state index contributed by atoms with van der Waals surface area (Å²) in [5, 5.41) is 8.50. The molecule has 2 aromatic heterocycles. The molecule has 1 amide bonds. The second-order valence-corrected chi connectivity index (χ2v) is 5.75. The van der Waals surface area contributed by atoms with Crippen LogP contribution in [0, 0.1) is 20.8 Å². The quantitative estimate of drug-likeness (QED) is 0.802. The first-order valence-electron chi connectivity index (χ1n) is 7.73. The van der Waals surface area contributed by atoms with Crippen LogP contribution in [0.1, 0.15) is 30.2 Å². The van der Waals surface area contributed by atoms with Gasteiger partial charge in [0.15, 0.2) is 5.82 Å². The van der Waals surface area contributed by atoms with Crippen LogP contribution in [0.25, 0.3) is 16.7 Å². The molecule has 1 aromatic carbocycles. The van der Waals surface area contributed by atoms with Crippen molar-refractivity contribution in [3.8, 4) is 5.82 Å². The number of rotatable bonds is 3. The van der Waals surface area contributed by atoms with Gasteiger partial charge in [0.1, 0.15) is 5.82 Å². The van der Waals surface area contributed by atoms with E-state index in [0.29, 0.717) is 18.1 Å². The number of benzene rings is 1. The van der Waals surface area contributed by atoms with E-state index < -0.39 is 0 Å². The Balaban J connectivity index is 2.17. The molecule has 118 valence electrons. The maximum absolute atomic E-state index is 11.7. The summed E-state index contributed by atoms with van der Waals surface area (Å²) in [6, 6.07) is 10.0. The summed E-state index contributed by atoms with van der Waals surface area (Å²) in [6.07, 6.45) is 0.424. The molecule has 1 N–H and O–H groups in total. The highest BCUT2D eigenvalue weighted by atomic mass is 16.1. The fourth-order valence-corrected chi connectivity index (χ4v) is 2.65. The predicted octanol–water partition coefficient (Wildman–Crippen LogP) is 3.69. The van der Waals surface area contributed by atoms with Gasteiger partial charge >= 0.3 is 0 Å². The zero-order valence-corrected chi connectivity index (χ0v) is 13.8. The van der Waals surface area contributed by atoms with E-state index in [4.69, 9.17) is 4.98 Å². The van der Waals surface area contributed by atoms with E-state index in [1.165, 1.54) is 0 Å². The lowest BCUT2D eigenvalue weighted by molar-refractivity contribution is -0.115. The van der Waals surface area contributed by atoms with Gasteiger partial charge in [-0.3, -0.25) is 4.79 Å². The molecule has 0 aliphatic carbocycles. The molecule has 0 bridgehead atoms. The molecular weight excluding hydrogens is 288 g/mol. The third-order valence-corrected chi connectivity index (χ3v) is 3.87. The van der Waals surface area contributed by atoms with Crippen molar-refractivity contribution in [3.63, 3.8) is 0 Å². The van der Waals surface area contributed by atoms with Crippen molar-refractivity contribution in [1.29, 1.82) is 0 Å². The Morgan fingerprint density at radius 3 is 2.70 bits per heavy atom. The molecule has 0 radical (unpaired) electrons. The minimum absolute atomic E-state index is 0.0418. The number of pyridine rings is 1. The predicted molar refractivity (Wildman–Crippen MR) is 92.0 cm³/mol. The SMILES string of the molecule is CCC(=O)Nc1cc(C)nn1-c1cc(C)c2cccc(C)c2n1. The number of carbonyl (C=O) groups excluding carboxylic acids is 1. The Hall–Kier alpha value is -2.69. The fraction of sp³-hybridized carbons (Fsp3) is 0.278. The van der Waals surface area contributed by atoms with Crippen LogP contribution in [-0.4, -0.2) is 20.7 Å². The number of hydrogen-bond acceptors (Lipinski definition) is 3. The van der Waals surface area contributed by atoms with Crippen molar-refractivity contribution in [3.05, 3.63) is 47.2 Å². The van der Waals surface area contributed by atoms with Gasteiger partial charge in [0, 0.05) is 17.9 Å². The summed E-state index contributed by atoms with van der Waals surface area (Å²) >= 11 is 0. The first-order chi connectivity index (χ1) is 11.0. The van der Waals surface area contributed by atoms with Crippen LogP contribution in [0.4, 0.5) is 5.82 Å². The molecule has 5 nitrogen and oxygen atoms in total. The lowest BCUT2D eigenvalue weighted by Gasteiger charge is -2.11. The van der Waals surface area contributed by atoms with Gasteiger partial charge in [0.05, 0.1) is 11.2 Å². The lowest BCUT2D eigenvalue weighted by Crippen LogP contribution is -2.14. The van der Waals surface area contributed by atoms with Crippen molar-refractivity contribution in [2.75, 3.05) is 5.32 Å². The topological polar surface area (TPSA) is 59.8 Å². The first kappa shape index (κ1) is 15.2. The zero-order valence-electron chi connectivity index (χ0n) is 13.8. The third-order valence-electron chi connectivity index (χ3n) is 3.87. The van der Waals surface area contributed by atoms with Crippen LogP contribution in [0.3, 0.4) is 0 Å². The molecule has 0 atom stereocenters. The van der Waals surface area contributed by atoms with Crippen LogP contribution < -0.4 is 5.32 Å². The monoisotopic (exact) mass is 308 g/mol. The molecule has 3 aromatic rings. The summed E-state index contributed by atoms with van der Waals surface area (Å²) in [5.74, 6) is 1.32. The number of amides is 1. The zero-order chi connectivity index (χ0) is 16.6. The van der Waals surface area contributed by atoms with Crippen molar-refractivity contribution in [1.82, 2.24) is 14.8 Å². The van der Waals surface area contributed by atoms with E-state index in [1.807, 2.05) is 45.0 Å². The van der Waals surface area contributed by atoms with Gasteiger partial charge in [-0.15, -0.1) is 0 Å². The van der Waals surface area contributed by atoms with Crippen LogP contribution in [0.5, 0.6) is 0 Å². The summed E-state index contributed by atoms with van der Waals surface area (Å²) in [5.41, 5.74) is 4.05. The maximum Gasteiger partial charge on any atom is 0.225 e. The van der Waals surface area contributed by atoms with Crippen LogP contribution in [-0.2, 0) is 4.79 Å². The lowest BCUT2D eigenvalue weighted by atomic mass is 10.1. The van der Waals surface area contributed by atoms with E-state index >= 15 is 0 Å². The standard InChI is InChI=1S/C18H20N4O/c1-5-17(23)19-16-10-13(4)21-22(16)15-9-12(3)14-8-6-7-11(2)18(14)20-15/h6-10H,5H2,1-4H3,(H,19,23). The van der Waals surface area contributed by atoms with Crippen LogP contribution in [0.2, 0.25) is 0 Å². The van der Waals surface area contributed by atoms with Gasteiger partial charge in [0.25, 0.3) is 0 Å². The second kappa shape index (κ2) is 5.83. The van der Waals surface area contributed by atoms with Crippen LogP contribution >= 0.6 is 0 Å². The number of carbonyl (C=O) groups is 1. The van der Waals surface area contributed by atoms with E-state index in [0.717, 1.165) is 27.7 Å². The molecule has 2 heterocycles. The highest BCUT2D eigenvalue weighted by Gasteiger charge is 2.13. The van der Waals surface area contributed by atoms with Crippen LogP contribution in [0.15, 0.2) is 30.3 Å². The molecule has 3 rings (SSSR count). The Morgan fingerprint density at radius 2 is 1.96 bits per heavy atom. The minimum atomic E-state index is -0.0418. The van der Waals surface area contributed by atoms with Gasteiger partial charge in [-0.2, -0.15) is 9.78 Å². The highest BCUT2D eigenvalue weighted by Crippen LogP contribution is 2.24. The van der Waals surface area contributed by atoms with Crippen molar-refractivity contribution >= 4 is 22.6 Å². The summed E-state index contributed by atoms with van der Waals surface area (Å²) in [4.78, 5) is 16.5. The number of fused-ring (bicyclic) bond motifs is 1. The molecular formula is C18H20N4O. The second-order valence-electron chi connectivity index (χ2n) is 5.75. The number of anilines is 1. The van der Waals surface area contributed by atoms with E-state index in [2.05, 4.69) is 23.4 Å². The number of nitrogens with zero attached hydrogens (tertiary/aromatic N) is 3. The van der Waals surface area contributed by atoms with Gasteiger partial charge in [-0.1, -0.05) is 25.1 Å². The summed E-state index contributed by atoms with van der Waals surface area (Å²) < 4.78 is 1.70. The Labute approximate surface area is 135 Å². The average molecular weight is 308 g/mol. The van der Waals surface area contributed by atoms with Gasteiger partial charge in [-0.25, -0.2) is 4.98 Å². The maximum atomic E-state index is 11.7. The van der Waals surface area contributed by atoms with Crippen molar-refractivity contribution in [2.24, 2.45) is 0 Å². The van der Waals surface area contributed by atoms with Crippen molar-refractivity contribution < 1.29 is 4.79 Å². The van der Waals surface area contributed by atoms with E-state index in [1.54, 1.807) is 4.68 Å². The number of aryl methyl sites for hydroxylation is 3. The highest BCUT2D eigenvalue weighted by molar-refractivity contribution is 5.90. The van der Waals surface area contributed by atoms with Gasteiger partial charge < -0.3 is 5.32 Å². The number of para-hydroxylation sites is 1. The molecule has 0 unspecified atom stereocenters. The van der Waals surface area contributed by atoms with E-state index in [9.17, 15) is 4.79 Å². The first-order valence-corrected chi connectivity index (χ1v) is 7.73. The molecule has 0 saturated heterocycles.